The second-order valence-corrected chi connectivity index (χ2v) is 13.4. The molecule has 4 aromatic carbocycles. The van der Waals surface area contributed by atoms with Gasteiger partial charge in [0.15, 0.2) is 11.6 Å². The van der Waals surface area contributed by atoms with Crippen molar-refractivity contribution in [1.82, 2.24) is 0 Å². The van der Waals surface area contributed by atoms with Crippen LogP contribution in [0.1, 0.15) is 45.8 Å². The Hall–Kier alpha value is -6.09. The average Bonchev–Trinajstić information content (AvgIpc) is 3.38. The van der Waals surface area contributed by atoms with Gasteiger partial charge >= 0.3 is 5.97 Å². The summed E-state index contributed by atoms with van der Waals surface area (Å²) in [6, 6.07) is 28.4. The number of carbonyl (C=O) groups excluding carboxylic acids is 4. The molecule has 4 aromatic rings. The van der Waals surface area contributed by atoms with Crippen LogP contribution in [-0.4, -0.2) is 44.7 Å². The summed E-state index contributed by atoms with van der Waals surface area (Å²) in [4.78, 5) is 70.9. The Morgan fingerprint density at radius 2 is 1.50 bits per heavy atom. The number of imide groups is 1. The third-order valence-electron chi connectivity index (χ3n) is 11.0. The highest BCUT2D eigenvalue weighted by Gasteiger charge is 2.66. The predicted molar refractivity (Wildman–Crippen MR) is 182 cm³/mol. The number of benzene rings is 4. The van der Waals surface area contributed by atoms with E-state index in [0.717, 1.165) is 22.6 Å². The maximum atomic E-state index is 15.0. The first-order valence-corrected chi connectivity index (χ1v) is 16.5. The molecule has 3 aliphatic carbocycles. The van der Waals surface area contributed by atoms with Crippen LogP contribution < -0.4 is 4.90 Å². The van der Waals surface area contributed by atoms with Crippen LogP contribution in [0.3, 0.4) is 0 Å². The average molecular weight is 666 g/mol. The van der Waals surface area contributed by atoms with Crippen molar-refractivity contribution in [3.63, 3.8) is 0 Å². The number of allylic oxidation sites excluding steroid dienone is 4. The third-order valence-corrected chi connectivity index (χ3v) is 11.0. The molecular formula is C41H31NO8. The van der Waals surface area contributed by atoms with E-state index in [9.17, 15) is 39.3 Å². The Morgan fingerprint density at radius 1 is 0.780 bits per heavy atom. The summed E-state index contributed by atoms with van der Waals surface area (Å²) in [5.41, 5.74) is 1.16. The van der Waals surface area contributed by atoms with Gasteiger partial charge in [0.1, 0.15) is 17.1 Å². The highest BCUT2D eigenvalue weighted by atomic mass is 16.4. The van der Waals surface area contributed by atoms with E-state index >= 15 is 0 Å². The third kappa shape index (κ3) is 4.42. The lowest BCUT2D eigenvalue weighted by atomic mass is 9.44. The van der Waals surface area contributed by atoms with E-state index in [1.807, 2.05) is 48.5 Å². The zero-order chi connectivity index (χ0) is 34.9. The Labute approximate surface area is 286 Å². The summed E-state index contributed by atoms with van der Waals surface area (Å²) in [6.45, 7) is 0. The van der Waals surface area contributed by atoms with Crippen LogP contribution in [0.25, 0.3) is 5.57 Å². The number of hydrogen-bond donors (Lipinski definition) is 3. The number of rotatable bonds is 5. The smallest absolute Gasteiger partial charge is 0.339 e. The molecule has 6 unspecified atom stereocenters. The minimum Gasteiger partial charge on any atom is -0.508 e. The van der Waals surface area contributed by atoms with Gasteiger partial charge in [-0.25, -0.2) is 9.69 Å². The van der Waals surface area contributed by atoms with Gasteiger partial charge in [0.2, 0.25) is 11.8 Å². The molecule has 0 aromatic heterocycles. The second-order valence-electron chi connectivity index (χ2n) is 13.4. The fourth-order valence-electron chi connectivity index (χ4n) is 9.05. The molecule has 9 heteroatoms. The first-order chi connectivity index (χ1) is 24.1. The molecule has 50 heavy (non-hydrogen) atoms. The van der Waals surface area contributed by atoms with Crippen molar-refractivity contribution in [3.8, 4) is 11.5 Å². The number of nitrogens with zero attached hydrogens (tertiary/aromatic N) is 1. The van der Waals surface area contributed by atoms with E-state index in [2.05, 4.69) is 0 Å². The summed E-state index contributed by atoms with van der Waals surface area (Å²) in [7, 11) is 0. The van der Waals surface area contributed by atoms with Crippen LogP contribution >= 0.6 is 0 Å². The van der Waals surface area contributed by atoms with Crippen molar-refractivity contribution < 1.29 is 39.3 Å². The Morgan fingerprint density at radius 3 is 2.18 bits per heavy atom. The predicted octanol–water partition coefficient (Wildman–Crippen LogP) is 5.83. The highest BCUT2D eigenvalue weighted by Crippen LogP contribution is 2.64. The number of carboxylic acids is 1. The van der Waals surface area contributed by atoms with E-state index in [1.54, 1.807) is 36.4 Å². The minimum atomic E-state index is -1.41. The lowest BCUT2D eigenvalue weighted by Gasteiger charge is -2.55. The quantitative estimate of drug-likeness (QED) is 0.178. The van der Waals surface area contributed by atoms with Gasteiger partial charge in [-0.1, -0.05) is 84.4 Å². The fourth-order valence-corrected chi connectivity index (χ4v) is 9.05. The van der Waals surface area contributed by atoms with Gasteiger partial charge in [0, 0.05) is 23.5 Å². The first kappa shape index (κ1) is 31.2. The lowest BCUT2D eigenvalue weighted by molar-refractivity contribution is -0.135. The number of ketones is 2. The van der Waals surface area contributed by atoms with Crippen molar-refractivity contribution in [2.24, 2.45) is 23.7 Å². The standard InChI is InChI=1S/C41H31NO8/c43-26-13-7-10-23(18-26)36-27-16-17-29-35(39(48)42(38(29)47)25-14-15-28(40(49)50)33(44)19-25)31(27)20-32-37(46)30(22-8-3-1-4-9-22)21-34(45)41(32,36)24-11-5-2-6-12-24/h1-16,18-19,21,29,31-32,35-36,43-44H,17,20H2,(H,49,50). The van der Waals surface area contributed by atoms with E-state index < -0.39 is 58.5 Å². The van der Waals surface area contributed by atoms with Crippen LogP contribution in [0.4, 0.5) is 5.69 Å². The molecule has 1 heterocycles. The highest BCUT2D eigenvalue weighted by molar-refractivity contribution is 6.32. The molecule has 6 atom stereocenters. The molecule has 0 spiro atoms. The van der Waals surface area contributed by atoms with Gasteiger partial charge < -0.3 is 15.3 Å². The molecule has 248 valence electrons. The molecule has 8 rings (SSSR count). The molecule has 1 saturated carbocycles. The summed E-state index contributed by atoms with van der Waals surface area (Å²) >= 11 is 0. The van der Waals surface area contributed by atoms with E-state index in [-0.39, 0.29) is 47.0 Å². The molecule has 1 saturated heterocycles. The number of phenolic OH excluding ortho intramolecular Hbond substituents is 1. The lowest BCUT2D eigenvalue weighted by Crippen LogP contribution is -2.58. The van der Waals surface area contributed by atoms with E-state index in [1.165, 1.54) is 18.2 Å². The number of aromatic carboxylic acids is 1. The molecule has 4 aliphatic rings. The van der Waals surface area contributed by atoms with Crippen LogP contribution in [0.2, 0.25) is 0 Å². The molecule has 3 N–H and O–H groups in total. The molecule has 1 aliphatic heterocycles. The number of amides is 2. The van der Waals surface area contributed by atoms with Gasteiger partial charge in [0.25, 0.3) is 0 Å². The molecule has 0 radical (unpaired) electrons. The number of carbonyl (C=O) groups is 5. The molecule has 9 nitrogen and oxygen atoms in total. The van der Waals surface area contributed by atoms with Crippen molar-refractivity contribution in [3.05, 3.63) is 143 Å². The van der Waals surface area contributed by atoms with Crippen molar-refractivity contribution in [1.29, 1.82) is 0 Å². The zero-order valence-corrected chi connectivity index (χ0v) is 26.6. The number of carboxylic acid groups (broad SMARTS) is 1. The number of phenols is 2. The normalized spacial score (nSPS) is 27.2. The largest absolute Gasteiger partial charge is 0.508 e. The van der Waals surface area contributed by atoms with Gasteiger partial charge in [-0.15, -0.1) is 0 Å². The molecule has 2 fully saturated rings. The number of fused-ring (bicyclic) bond motifs is 4. The number of hydrogen-bond acceptors (Lipinski definition) is 7. The topological polar surface area (TPSA) is 149 Å². The summed E-state index contributed by atoms with van der Waals surface area (Å²) in [5, 5.41) is 30.5. The Kier molecular flexibility index (Phi) is 7.18. The van der Waals surface area contributed by atoms with Gasteiger partial charge in [-0.2, -0.15) is 0 Å². The van der Waals surface area contributed by atoms with Crippen molar-refractivity contribution >= 4 is 40.6 Å². The summed E-state index contributed by atoms with van der Waals surface area (Å²) < 4.78 is 0. The van der Waals surface area contributed by atoms with E-state index in [4.69, 9.17) is 0 Å². The zero-order valence-electron chi connectivity index (χ0n) is 26.6. The minimum absolute atomic E-state index is 0.0170. The van der Waals surface area contributed by atoms with Crippen LogP contribution in [0.5, 0.6) is 11.5 Å². The molecule has 2 amide bonds. The first-order valence-electron chi connectivity index (χ1n) is 16.5. The maximum absolute atomic E-state index is 15.0. The van der Waals surface area contributed by atoms with Crippen LogP contribution in [0, 0.1) is 23.7 Å². The van der Waals surface area contributed by atoms with Crippen molar-refractivity contribution in [2.45, 2.75) is 24.2 Å². The Bertz CT molecular complexity index is 2190. The van der Waals surface area contributed by atoms with Gasteiger partial charge in [-0.05, 0) is 65.8 Å². The number of aromatic hydroxyl groups is 2. The SMILES string of the molecule is O=C(O)c1ccc(N2C(=O)C3CC=C4C(CC5C(=O)C(c6ccccc6)=CC(=O)C5(c5ccccc5)C4c4cccc(O)c4)C3C2=O)cc1O. The number of Topliss-reactive ketones (excluding diaryl/α,β-unsaturated/α-hetero) is 1. The van der Waals surface area contributed by atoms with Crippen LogP contribution in [-0.2, 0) is 24.6 Å². The van der Waals surface area contributed by atoms with Gasteiger partial charge in [0.05, 0.1) is 22.9 Å². The number of anilines is 1. The summed E-state index contributed by atoms with van der Waals surface area (Å²) in [5.74, 6) is -7.42. The van der Waals surface area contributed by atoms with Crippen LogP contribution in [0.15, 0.2) is 121 Å². The second kappa shape index (κ2) is 11.5. The summed E-state index contributed by atoms with van der Waals surface area (Å²) in [6.07, 6.45) is 3.68. The molecule has 0 bridgehead atoms. The monoisotopic (exact) mass is 665 g/mol. The van der Waals surface area contributed by atoms with E-state index in [0.29, 0.717) is 16.7 Å². The van der Waals surface area contributed by atoms with Gasteiger partial charge in [-0.3, -0.25) is 19.2 Å². The molecular weight excluding hydrogens is 634 g/mol. The van der Waals surface area contributed by atoms with Crippen molar-refractivity contribution in [2.75, 3.05) is 4.90 Å². The maximum Gasteiger partial charge on any atom is 0.339 e. The Balaban J connectivity index is 1.32. The fraction of sp³-hybridized carbons (Fsp3) is 0.195.